The number of nitrogens with zero attached hydrogens (tertiary/aromatic N) is 8. The Labute approximate surface area is 516 Å². The Hall–Kier alpha value is -1.87. The van der Waals surface area contributed by atoms with Crippen LogP contribution < -0.4 is 41.3 Å². The molecule has 83 heavy (non-hydrogen) atoms. The van der Waals surface area contributed by atoms with Crippen LogP contribution in [0.25, 0.3) is 0 Å². The summed E-state index contributed by atoms with van der Waals surface area (Å²) in [6.07, 6.45) is 29.0. The molecule has 0 radical (unpaired) electrons. The van der Waals surface area contributed by atoms with E-state index in [9.17, 15) is 0 Å². The van der Waals surface area contributed by atoms with Crippen molar-refractivity contribution in [1.29, 1.82) is 0 Å². The summed E-state index contributed by atoms with van der Waals surface area (Å²) >= 11 is 0. The molecule has 0 saturated carbocycles. The van der Waals surface area contributed by atoms with Gasteiger partial charge >= 0.3 is 0 Å². The maximum atomic E-state index is 5.44. The van der Waals surface area contributed by atoms with Gasteiger partial charge in [-0.15, -0.1) is 0 Å². The molecule has 0 bridgehead atoms. The first-order chi connectivity index (χ1) is 38.1. The second kappa shape index (κ2) is 33.6. The van der Waals surface area contributed by atoms with Gasteiger partial charge in [0.1, 0.15) is 0 Å². The van der Waals surface area contributed by atoms with Crippen molar-refractivity contribution in [2.75, 3.05) is 81.2 Å². The number of nitrogens with one attached hydrogen (secondary N) is 5. The molecule has 0 aromatic carbocycles. The van der Waals surface area contributed by atoms with E-state index in [-0.39, 0.29) is 51.7 Å². The number of anilines is 3. The molecule has 13 nitrogen and oxygen atoms in total. The summed E-state index contributed by atoms with van der Waals surface area (Å²) in [5.41, 5.74) is 1.39. The summed E-state index contributed by atoms with van der Waals surface area (Å²) < 4.78 is 0. The molecule has 4 saturated heterocycles. The summed E-state index contributed by atoms with van der Waals surface area (Å²) in [5, 5.41) is 19.2. The van der Waals surface area contributed by atoms with Crippen LogP contribution in [0.2, 0.25) is 0 Å². The third-order valence-electron chi connectivity index (χ3n) is 18.5. The Kier molecular flexibility index (Phi) is 30.5. The predicted octanol–water partition coefficient (Wildman–Crippen LogP) is 14.9. The molecule has 1 aromatic rings. The van der Waals surface area contributed by atoms with E-state index in [4.69, 9.17) is 15.0 Å². The van der Waals surface area contributed by atoms with Gasteiger partial charge in [-0.3, -0.25) is 0 Å². The second-order valence-corrected chi connectivity index (χ2v) is 32.4. The van der Waals surface area contributed by atoms with Crippen molar-refractivity contribution in [3.8, 4) is 0 Å². The zero-order valence-electron chi connectivity index (χ0n) is 58.5. The molecule has 0 spiro atoms. The molecule has 4 fully saturated rings. The van der Waals surface area contributed by atoms with Gasteiger partial charge in [-0.2, -0.15) is 15.0 Å². The highest BCUT2D eigenvalue weighted by atomic mass is 15.4. The summed E-state index contributed by atoms with van der Waals surface area (Å²) in [6.45, 7) is 55.4. The highest BCUT2D eigenvalue weighted by Crippen LogP contribution is 2.36. The standard InChI is InChI=1S/C44H87N9.C25H52N4.CH4/c1-14-18-27-51(28-19-15-2)38-45-39(52(29-20-16-3)30-21-17-4)47-40(46-38)53(37-34-43(9,10)49-44(11,12)35-37)31-25-23-22-24-26-50(13)36-32-41(5,6)48-42(7,8)33-36;1-22(2)16-20(17-23(3,4)27-22)26-14-12-10-11-13-15-29(9)21-18-24(5,6)28-25(7,8)19-21;/h36-37,48-49H,14-35H2,1-13H3;20-21,26-28H,10-19H2,1-9H3;1H4. The van der Waals surface area contributed by atoms with Gasteiger partial charge in [-0.1, -0.05) is 86.5 Å². The van der Waals surface area contributed by atoms with E-state index in [1.165, 1.54) is 129 Å². The Bertz CT molecular complexity index is 1820. The largest absolute Gasteiger partial charge is 0.341 e. The van der Waals surface area contributed by atoms with Crippen LogP contribution in [0.5, 0.6) is 0 Å². The van der Waals surface area contributed by atoms with E-state index < -0.39 is 0 Å². The van der Waals surface area contributed by atoms with E-state index in [1.807, 2.05) is 0 Å². The van der Waals surface area contributed by atoms with Gasteiger partial charge in [0.25, 0.3) is 0 Å². The third kappa shape index (κ3) is 27.6. The monoisotopic (exact) mass is 1170 g/mol. The van der Waals surface area contributed by atoms with Crippen LogP contribution in [0.1, 0.15) is 300 Å². The minimum absolute atomic E-state index is 0. The SMILES string of the molecule is C.CCCCN(CCCC)c1nc(N(CCCC)CCCC)nc(N(CCCCCCN(C)C2CC(C)(C)NC(C)(C)C2)C2CC(C)(C)NC(C)(C)C2)n1.CN(CCCCCCNC1CC(C)(C)NC(C)(C)C1)C1CC(C)(C)NC(C)(C)C1. The molecule has 5 rings (SSSR count). The normalized spacial score (nSPS) is 22.0. The summed E-state index contributed by atoms with van der Waals surface area (Å²) in [7, 11) is 4.69. The van der Waals surface area contributed by atoms with Crippen LogP contribution in [-0.4, -0.2) is 160 Å². The third-order valence-corrected chi connectivity index (χ3v) is 18.5. The van der Waals surface area contributed by atoms with Crippen LogP contribution in [0.15, 0.2) is 0 Å². The first-order valence-corrected chi connectivity index (χ1v) is 34.5. The number of rotatable bonds is 33. The smallest absolute Gasteiger partial charge is 0.232 e. The summed E-state index contributed by atoms with van der Waals surface area (Å²) in [4.78, 5) is 29.0. The fraction of sp³-hybridized carbons (Fsp3) is 0.957. The highest BCUT2D eigenvalue weighted by Gasteiger charge is 2.43. The van der Waals surface area contributed by atoms with Crippen molar-refractivity contribution in [3.63, 3.8) is 0 Å². The van der Waals surface area contributed by atoms with Crippen LogP contribution in [0, 0.1) is 0 Å². The van der Waals surface area contributed by atoms with Crippen molar-refractivity contribution in [2.24, 2.45) is 0 Å². The molecule has 4 aliphatic rings. The van der Waals surface area contributed by atoms with Gasteiger partial charge < -0.3 is 51.1 Å². The minimum Gasteiger partial charge on any atom is -0.341 e. The molecule has 0 atom stereocenters. The van der Waals surface area contributed by atoms with Gasteiger partial charge in [-0.25, -0.2) is 0 Å². The van der Waals surface area contributed by atoms with E-state index in [0.29, 0.717) is 24.2 Å². The Morgan fingerprint density at radius 1 is 0.349 bits per heavy atom. The molecule has 5 heterocycles. The molecule has 0 unspecified atom stereocenters. The van der Waals surface area contributed by atoms with Gasteiger partial charge in [0, 0.05) is 101 Å². The second-order valence-electron chi connectivity index (χ2n) is 32.4. The highest BCUT2D eigenvalue weighted by molar-refractivity contribution is 5.48. The van der Waals surface area contributed by atoms with Gasteiger partial charge in [0.05, 0.1) is 0 Å². The molecule has 1 aromatic heterocycles. The average Bonchev–Trinajstić information content (AvgIpc) is 3.32. The number of piperidine rings is 4. The first kappa shape index (κ1) is 75.4. The predicted molar refractivity (Wildman–Crippen MR) is 365 cm³/mol. The zero-order valence-corrected chi connectivity index (χ0v) is 58.5. The minimum atomic E-state index is 0. The molecule has 488 valence electrons. The maximum absolute atomic E-state index is 5.44. The number of unbranched alkanes of at least 4 members (excludes halogenated alkanes) is 10. The van der Waals surface area contributed by atoms with Gasteiger partial charge in [-0.05, 0) is 247 Å². The van der Waals surface area contributed by atoms with E-state index >= 15 is 0 Å². The van der Waals surface area contributed by atoms with Crippen LogP contribution in [0.3, 0.4) is 0 Å². The summed E-state index contributed by atoms with van der Waals surface area (Å²) in [5.74, 6) is 2.67. The molecule has 4 aliphatic heterocycles. The number of hydrogen-bond donors (Lipinski definition) is 5. The first-order valence-electron chi connectivity index (χ1n) is 34.5. The molecular formula is C70H143N13. The van der Waals surface area contributed by atoms with Crippen molar-refractivity contribution < 1.29 is 0 Å². The average molecular weight is 1170 g/mol. The van der Waals surface area contributed by atoms with Crippen molar-refractivity contribution >= 4 is 17.8 Å². The zero-order chi connectivity index (χ0) is 61.2. The maximum Gasteiger partial charge on any atom is 0.232 e. The summed E-state index contributed by atoms with van der Waals surface area (Å²) in [6, 6.07) is 2.36. The molecule has 5 N–H and O–H groups in total. The van der Waals surface area contributed by atoms with Crippen LogP contribution in [-0.2, 0) is 0 Å². The molecule has 13 heteroatoms. The lowest BCUT2D eigenvalue weighted by Crippen LogP contribution is -2.62. The Morgan fingerprint density at radius 3 is 0.952 bits per heavy atom. The van der Waals surface area contributed by atoms with Crippen molar-refractivity contribution in [3.05, 3.63) is 0 Å². The van der Waals surface area contributed by atoms with Gasteiger partial charge in [0.15, 0.2) is 0 Å². The quantitative estimate of drug-likeness (QED) is 0.0431. The molecule has 0 aliphatic carbocycles. The van der Waals surface area contributed by atoms with Crippen molar-refractivity contribution in [1.82, 2.24) is 51.3 Å². The number of aromatic nitrogens is 3. The lowest BCUT2D eigenvalue weighted by Gasteiger charge is -2.49. The Balaban J connectivity index is 0.000000508. The fourth-order valence-corrected chi connectivity index (χ4v) is 15.8. The lowest BCUT2D eigenvalue weighted by atomic mass is 9.79. The van der Waals surface area contributed by atoms with Crippen molar-refractivity contribution in [2.45, 2.75) is 368 Å². The van der Waals surface area contributed by atoms with E-state index in [2.05, 4.69) is 204 Å². The number of hydrogen-bond acceptors (Lipinski definition) is 13. The van der Waals surface area contributed by atoms with Crippen LogP contribution >= 0.6 is 0 Å². The Morgan fingerprint density at radius 2 is 0.627 bits per heavy atom. The molecule has 0 amide bonds. The molecular weight excluding hydrogens is 1020 g/mol. The van der Waals surface area contributed by atoms with E-state index in [1.54, 1.807) is 0 Å². The topological polar surface area (TPSA) is 115 Å². The van der Waals surface area contributed by atoms with E-state index in [0.717, 1.165) is 95.5 Å². The fourth-order valence-electron chi connectivity index (χ4n) is 15.8. The van der Waals surface area contributed by atoms with Gasteiger partial charge in [0.2, 0.25) is 17.8 Å². The van der Waals surface area contributed by atoms with Crippen LogP contribution in [0.4, 0.5) is 17.8 Å². The lowest BCUT2D eigenvalue weighted by molar-refractivity contribution is 0.0802.